The van der Waals surface area contributed by atoms with E-state index in [1.165, 1.54) is 0 Å². The Bertz CT molecular complexity index is 1290. The van der Waals surface area contributed by atoms with Crippen LogP contribution in [0.15, 0.2) is 52.1 Å². The zero-order valence-corrected chi connectivity index (χ0v) is 16.2. The first-order valence-corrected chi connectivity index (χ1v) is 9.66. The van der Waals surface area contributed by atoms with E-state index in [0.29, 0.717) is 17.2 Å². The Labute approximate surface area is 165 Å². The lowest BCUT2D eigenvalue weighted by Gasteiger charge is -2.09. The number of aromatic nitrogens is 4. The largest absolute Gasteiger partial charge is 0.413 e. The summed E-state index contributed by atoms with van der Waals surface area (Å²) in [5.41, 5.74) is 3.59. The predicted octanol–water partition coefficient (Wildman–Crippen LogP) is 2.90. The van der Waals surface area contributed by atoms with Gasteiger partial charge in [-0.1, -0.05) is 36.7 Å². The molecule has 0 unspecified atom stereocenters. The van der Waals surface area contributed by atoms with Gasteiger partial charge in [0.1, 0.15) is 5.52 Å². The molecule has 4 rings (SSSR count). The summed E-state index contributed by atoms with van der Waals surface area (Å²) in [6, 6.07) is 13.8. The van der Waals surface area contributed by atoms with Gasteiger partial charge in [0.25, 0.3) is 5.56 Å². The molecular formula is C21H20ClN4O2+. The second-order valence-electron chi connectivity index (χ2n) is 6.78. The van der Waals surface area contributed by atoms with Crippen LogP contribution in [0.4, 0.5) is 0 Å². The van der Waals surface area contributed by atoms with Gasteiger partial charge in [-0.2, -0.15) is 4.98 Å². The van der Waals surface area contributed by atoms with Gasteiger partial charge in [-0.3, -0.25) is 9.78 Å². The number of fused-ring (bicyclic) bond motifs is 2. The van der Waals surface area contributed by atoms with E-state index in [9.17, 15) is 9.59 Å². The molecule has 2 N–H and O–H groups in total. The van der Waals surface area contributed by atoms with Crippen LogP contribution in [0.1, 0.15) is 24.5 Å². The van der Waals surface area contributed by atoms with E-state index >= 15 is 0 Å². The third-order valence-corrected chi connectivity index (χ3v) is 5.11. The van der Waals surface area contributed by atoms with Gasteiger partial charge in [0, 0.05) is 5.02 Å². The molecule has 0 spiro atoms. The Balaban J connectivity index is 1.81. The van der Waals surface area contributed by atoms with Crippen LogP contribution in [0.25, 0.3) is 22.2 Å². The Kier molecular flexibility index (Phi) is 4.96. The quantitative estimate of drug-likeness (QED) is 0.402. The van der Waals surface area contributed by atoms with E-state index in [-0.39, 0.29) is 5.52 Å². The van der Waals surface area contributed by atoms with Gasteiger partial charge in [-0.25, -0.2) is 14.3 Å². The third kappa shape index (κ3) is 3.55. The first-order chi connectivity index (χ1) is 13.5. The normalized spacial score (nSPS) is 11.4. The highest BCUT2D eigenvalue weighted by Gasteiger charge is 2.18. The SMILES string of the molecule is CCc1ccc2c(c1)nc1c(=O)[nH]c(=O)[nH]c1[n+]2CCCc1cccc(Cl)c1. The molecule has 142 valence electrons. The number of hydrogen-bond acceptors (Lipinski definition) is 3. The van der Waals surface area contributed by atoms with Gasteiger partial charge in [0.05, 0.1) is 6.54 Å². The van der Waals surface area contributed by atoms with Crippen molar-refractivity contribution in [3.8, 4) is 0 Å². The van der Waals surface area contributed by atoms with Crippen molar-refractivity contribution in [2.24, 2.45) is 0 Å². The molecule has 28 heavy (non-hydrogen) atoms. The van der Waals surface area contributed by atoms with Crippen LogP contribution in [0, 0.1) is 0 Å². The van der Waals surface area contributed by atoms with E-state index in [0.717, 1.165) is 41.4 Å². The Morgan fingerprint density at radius 1 is 1.07 bits per heavy atom. The van der Waals surface area contributed by atoms with Crippen LogP contribution in [0.2, 0.25) is 5.02 Å². The summed E-state index contributed by atoms with van der Waals surface area (Å²) in [6.07, 6.45) is 2.54. The van der Waals surface area contributed by atoms with E-state index in [4.69, 9.17) is 11.6 Å². The van der Waals surface area contributed by atoms with Crippen molar-refractivity contribution in [2.75, 3.05) is 0 Å². The monoisotopic (exact) mass is 395 g/mol. The van der Waals surface area contributed by atoms with Crippen LogP contribution in [-0.2, 0) is 19.4 Å². The molecule has 0 fully saturated rings. The maximum Gasteiger partial charge on any atom is 0.413 e. The Morgan fingerprint density at radius 3 is 2.71 bits per heavy atom. The highest BCUT2D eigenvalue weighted by atomic mass is 35.5. The minimum absolute atomic E-state index is 0.239. The number of nitrogens with zero attached hydrogens (tertiary/aromatic N) is 2. The first kappa shape index (κ1) is 18.4. The zero-order chi connectivity index (χ0) is 19.7. The van der Waals surface area contributed by atoms with Crippen molar-refractivity contribution >= 4 is 33.8 Å². The van der Waals surface area contributed by atoms with Crippen LogP contribution in [0.5, 0.6) is 0 Å². The van der Waals surface area contributed by atoms with Crippen LogP contribution in [0.3, 0.4) is 0 Å². The fourth-order valence-electron chi connectivity index (χ4n) is 3.48. The number of H-pyrrole nitrogens is 2. The summed E-state index contributed by atoms with van der Waals surface area (Å²) in [5, 5.41) is 0.716. The van der Waals surface area contributed by atoms with Crippen molar-refractivity contribution < 1.29 is 4.57 Å². The zero-order valence-electron chi connectivity index (χ0n) is 15.5. The average molecular weight is 396 g/mol. The maximum atomic E-state index is 12.3. The number of rotatable bonds is 5. The van der Waals surface area contributed by atoms with Crippen molar-refractivity contribution in [2.45, 2.75) is 32.7 Å². The van der Waals surface area contributed by atoms with Crippen LogP contribution >= 0.6 is 11.6 Å². The summed E-state index contributed by atoms with van der Waals surface area (Å²) >= 11 is 6.07. The number of hydrogen-bond donors (Lipinski definition) is 2. The van der Waals surface area contributed by atoms with Crippen molar-refractivity contribution in [3.63, 3.8) is 0 Å². The van der Waals surface area contributed by atoms with Gasteiger partial charge in [0.2, 0.25) is 5.52 Å². The first-order valence-electron chi connectivity index (χ1n) is 9.28. The van der Waals surface area contributed by atoms with E-state index in [2.05, 4.69) is 27.9 Å². The van der Waals surface area contributed by atoms with E-state index < -0.39 is 11.2 Å². The van der Waals surface area contributed by atoms with Gasteiger partial charge in [0.15, 0.2) is 5.52 Å². The molecule has 0 atom stereocenters. The lowest BCUT2D eigenvalue weighted by molar-refractivity contribution is -0.648. The number of aromatic amines is 2. The second-order valence-corrected chi connectivity index (χ2v) is 7.22. The van der Waals surface area contributed by atoms with Crippen LogP contribution < -0.4 is 15.8 Å². The fourth-order valence-corrected chi connectivity index (χ4v) is 3.69. The summed E-state index contributed by atoms with van der Waals surface area (Å²) in [6.45, 7) is 2.71. The number of halogens is 1. The van der Waals surface area contributed by atoms with Crippen molar-refractivity contribution in [1.82, 2.24) is 15.0 Å². The number of nitrogens with one attached hydrogen (secondary N) is 2. The van der Waals surface area contributed by atoms with Crippen molar-refractivity contribution in [1.29, 1.82) is 0 Å². The molecule has 6 nitrogen and oxygen atoms in total. The molecule has 2 heterocycles. The molecule has 0 aliphatic heterocycles. The molecule has 7 heteroatoms. The molecule has 2 aromatic carbocycles. The summed E-state index contributed by atoms with van der Waals surface area (Å²) in [5.74, 6) is 0. The molecule has 0 saturated carbocycles. The molecule has 0 aliphatic carbocycles. The topological polar surface area (TPSA) is 82.5 Å². The van der Waals surface area contributed by atoms with E-state index in [1.807, 2.05) is 41.0 Å². The molecular weight excluding hydrogens is 376 g/mol. The van der Waals surface area contributed by atoms with Crippen molar-refractivity contribution in [3.05, 3.63) is 79.5 Å². The van der Waals surface area contributed by atoms with E-state index in [1.54, 1.807) is 0 Å². The van der Waals surface area contributed by atoms with Gasteiger partial charge in [-0.15, -0.1) is 0 Å². The number of benzene rings is 2. The standard InChI is InChI=1S/C21H19ClN4O2/c1-2-13-8-9-17-16(12-13)23-18-19(24-21(28)25-20(18)27)26(17)10-4-6-14-5-3-7-15(22)11-14/h3,5,7-9,11-12H,2,4,6,10H2,1H3,(H,25,27,28)/p+1. The molecule has 0 radical (unpaired) electrons. The average Bonchev–Trinajstić information content (AvgIpc) is 2.67. The van der Waals surface area contributed by atoms with Gasteiger partial charge >= 0.3 is 11.3 Å². The Hall–Kier alpha value is -2.99. The van der Waals surface area contributed by atoms with Gasteiger partial charge < -0.3 is 0 Å². The molecule has 0 saturated heterocycles. The van der Waals surface area contributed by atoms with Crippen LogP contribution in [-0.4, -0.2) is 15.0 Å². The lowest BCUT2D eigenvalue weighted by atomic mass is 10.1. The molecule has 4 aromatic rings. The predicted molar refractivity (Wildman–Crippen MR) is 110 cm³/mol. The summed E-state index contributed by atoms with van der Waals surface area (Å²) in [7, 11) is 0. The Morgan fingerprint density at radius 2 is 1.93 bits per heavy atom. The summed E-state index contributed by atoms with van der Waals surface area (Å²) in [4.78, 5) is 33.7. The summed E-state index contributed by atoms with van der Waals surface area (Å²) < 4.78 is 1.97. The maximum absolute atomic E-state index is 12.3. The minimum Gasteiger partial charge on any atom is -0.267 e. The molecule has 0 aliphatic rings. The highest BCUT2D eigenvalue weighted by molar-refractivity contribution is 6.30. The third-order valence-electron chi connectivity index (χ3n) is 4.88. The smallest absolute Gasteiger partial charge is 0.267 e. The number of aryl methyl sites for hydroxylation is 3. The molecule has 2 aromatic heterocycles. The minimum atomic E-state index is -0.535. The molecule has 0 bridgehead atoms. The second kappa shape index (κ2) is 7.56. The van der Waals surface area contributed by atoms with Gasteiger partial charge in [-0.05, 0) is 54.7 Å². The lowest BCUT2D eigenvalue weighted by Crippen LogP contribution is -2.40. The molecule has 0 amide bonds. The highest BCUT2D eigenvalue weighted by Crippen LogP contribution is 2.15. The fraction of sp³-hybridized carbons (Fsp3) is 0.238.